The van der Waals surface area contributed by atoms with E-state index in [4.69, 9.17) is 16.3 Å². The van der Waals surface area contributed by atoms with Crippen LogP contribution in [0.25, 0.3) is 0 Å². The summed E-state index contributed by atoms with van der Waals surface area (Å²) in [7, 11) is 1.63. The first kappa shape index (κ1) is 12.3. The van der Waals surface area contributed by atoms with E-state index in [-0.39, 0.29) is 6.15 Å². The molecule has 0 fully saturated rings. The van der Waals surface area contributed by atoms with Gasteiger partial charge in [0.05, 0.1) is 12.1 Å². The highest BCUT2D eigenvalue weighted by Crippen LogP contribution is 2.25. The Kier molecular flexibility index (Phi) is 5.51. The van der Waals surface area contributed by atoms with Crippen LogP contribution in [-0.4, -0.2) is 7.11 Å². The Balaban J connectivity index is 0.00000144. The molecular formula is C10H16ClNO. The minimum absolute atomic E-state index is 0. The maximum atomic E-state index is 5.94. The fraction of sp³-hybridized carbons (Fsp3) is 0.400. The standard InChI is InChI=1S/C10H13ClO.H3N/c1-3-4-8-5-6-10(12-2)9(11)7-8;/h5-7H,3-4H2,1-2H3;1H3. The third kappa shape index (κ3) is 3.25. The quantitative estimate of drug-likeness (QED) is 0.814. The topological polar surface area (TPSA) is 44.2 Å². The number of hydrogen-bond acceptors (Lipinski definition) is 2. The van der Waals surface area contributed by atoms with Gasteiger partial charge < -0.3 is 10.9 Å². The molecule has 3 N–H and O–H groups in total. The Morgan fingerprint density at radius 1 is 1.38 bits per heavy atom. The van der Waals surface area contributed by atoms with Crippen LogP contribution >= 0.6 is 11.6 Å². The second kappa shape index (κ2) is 5.84. The van der Waals surface area contributed by atoms with E-state index in [1.807, 2.05) is 18.2 Å². The van der Waals surface area contributed by atoms with Gasteiger partial charge in [-0.05, 0) is 24.1 Å². The number of methoxy groups -OCH3 is 1. The molecule has 1 aromatic carbocycles. The maximum absolute atomic E-state index is 5.94. The molecule has 0 atom stereocenters. The molecule has 1 aromatic rings. The van der Waals surface area contributed by atoms with E-state index in [0.717, 1.165) is 18.6 Å². The Morgan fingerprint density at radius 3 is 2.54 bits per heavy atom. The van der Waals surface area contributed by atoms with Crippen LogP contribution in [0.5, 0.6) is 5.75 Å². The molecule has 0 saturated heterocycles. The molecule has 0 aliphatic carbocycles. The van der Waals surface area contributed by atoms with E-state index in [0.29, 0.717) is 5.02 Å². The normalized spacial score (nSPS) is 9.15. The summed E-state index contributed by atoms with van der Waals surface area (Å²) in [4.78, 5) is 0. The lowest BCUT2D eigenvalue weighted by Gasteiger charge is -2.04. The first-order valence-electron chi connectivity index (χ1n) is 4.10. The van der Waals surface area contributed by atoms with E-state index >= 15 is 0 Å². The summed E-state index contributed by atoms with van der Waals surface area (Å²) in [5, 5.41) is 0.698. The minimum Gasteiger partial charge on any atom is -0.495 e. The average molecular weight is 202 g/mol. The van der Waals surface area contributed by atoms with Crippen LogP contribution in [0.1, 0.15) is 18.9 Å². The van der Waals surface area contributed by atoms with Gasteiger partial charge in [0.2, 0.25) is 0 Å². The smallest absolute Gasteiger partial charge is 0.137 e. The first-order chi connectivity index (χ1) is 5.77. The molecule has 0 saturated carbocycles. The SMILES string of the molecule is CCCc1ccc(OC)c(Cl)c1.N. The minimum atomic E-state index is 0. The number of ether oxygens (including phenoxy) is 1. The summed E-state index contributed by atoms with van der Waals surface area (Å²) in [5.74, 6) is 0.747. The van der Waals surface area contributed by atoms with Gasteiger partial charge in [-0.25, -0.2) is 0 Å². The van der Waals surface area contributed by atoms with Crippen molar-refractivity contribution in [1.82, 2.24) is 6.15 Å². The van der Waals surface area contributed by atoms with Crippen LogP contribution in [0, 0.1) is 0 Å². The van der Waals surface area contributed by atoms with Gasteiger partial charge in [-0.3, -0.25) is 0 Å². The van der Waals surface area contributed by atoms with E-state index in [9.17, 15) is 0 Å². The summed E-state index contributed by atoms with van der Waals surface area (Å²) in [6, 6.07) is 5.92. The third-order valence-corrected chi connectivity index (χ3v) is 2.05. The van der Waals surface area contributed by atoms with Crippen LogP contribution in [-0.2, 0) is 6.42 Å². The monoisotopic (exact) mass is 201 g/mol. The average Bonchev–Trinajstić information content (AvgIpc) is 2.05. The van der Waals surface area contributed by atoms with Crippen molar-refractivity contribution in [3.63, 3.8) is 0 Å². The van der Waals surface area contributed by atoms with Crippen LogP contribution in [0.4, 0.5) is 0 Å². The van der Waals surface area contributed by atoms with Crippen LogP contribution in [0.3, 0.4) is 0 Å². The Labute approximate surface area is 84.4 Å². The summed E-state index contributed by atoms with van der Waals surface area (Å²) >= 11 is 5.94. The molecule has 0 bridgehead atoms. The highest BCUT2D eigenvalue weighted by atomic mass is 35.5. The van der Waals surface area contributed by atoms with Gasteiger partial charge in [-0.2, -0.15) is 0 Å². The molecule has 0 radical (unpaired) electrons. The van der Waals surface area contributed by atoms with Crippen LogP contribution in [0.2, 0.25) is 5.02 Å². The van der Waals surface area contributed by atoms with Crippen molar-refractivity contribution in [2.24, 2.45) is 0 Å². The van der Waals surface area contributed by atoms with Gasteiger partial charge in [-0.1, -0.05) is 31.0 Å². The van der Waals surface area contributed by atoms with Crippen LogP contribution in [0.15, 0.2) is 18.2 Å². The van der Waals surface area contributed by atoms with Gasteiger partial charge in [0.25, 0.3) is 0 Å². The zero-order chi connectivity index (χ0) is 8.97. The van der Waals surface area contributed by atoms with E-state index in [1.165, 1.54) is 5.56 Å². The number of aryl methyl sites for hydroxylation is 1. The summed E-state index contributed by atoms with van der Waals surface area (Å²) in [5.41, 5.74) is 1.27. The third-order valence-electron chi connectivity index (χ3n) is 1.75. The highest BCUT2D eigenvalue weighted by molar-refractivity contribution is 6.32. The molecule has 0 aromatic heterocycles. The molecule has 13 heavy (non-hydrogen) atoms. The Hall–Kier alpha value is -0.730. The van der Waals surface area contributed by atoms with E-state index in [2.05, 4.69) is 6.92 Å². The second-order valence-electron chi connectivity index (χ2n) is 2.72. The van der Waals surface area contributed by atoms with Crippen molar-refractivity contribution in [3.05, 3.63) is 28.8 Å². The molecule has 0 aliphatic heterocycles. The number of rotatable bonds is 3. The lowest BCUT2D eigenvalue weighted by Crippen LogP contribution is -1.87. The van der Waals surface area contributed by atoms with Gasteiger partial charge in [-0.15, -0.1) is 0 Å². The van der Waals surface area contributed by atoms with E-state index in [1.54, 1.807) is 7.11 Å². The molecule has 0 spiro atoms. The first-order valence-corrected chi connectivity index (χ1v) is 4.48. The molecular weight excluding hydrogens is 186 g/mol. The van der Waals surface area contributed by atoms with Gasteiger partial charge in [0, 0.05) is 0 Å². The molecule has 0 heterocycles. The van der Waals surface area contributed by atoms with Gasteiger partial charge in [0.15, 0.2) is 0 Å². The molecule has 0 unspecified atom stereocenters. The Bertz CT molecular complexity index is 263. The van der Waals surface area contributed by atoms with E-state index < -0.39 is 0 Å². The molecule has 1 rings (SSSR count). The van der Waals surface area contributed by atoms with Crippen molar-refractivity contribution >= 4 is 11.6 Å². The predicted octanol–water partition coefficient (Wildman–Crippen LogP) is 3.46. The maximum Gasteiger partial charge on any atom is 0.137 e. The van der Waals surface area contributed by atoms with Crippen molar-refractivity contribution in [3.8, 4) is 5.75 Å². The summed E-state index contributed by atoms with van der Waals surface area (Å²) in [6.07, 6.45) is 2.21. The zero-order valence-electron chi connectivity index (χ0n) is 8.14. The molecule has 74 valence electrons. The number of benzene rings is 1. The highest BCUT2D eigenvalue weighted by Gasteiger charge is 2.00. The van der Waals surface area contributed by atoms with Crippen LogP contribution < -0.4 is 10.9 Å². The summed E-state index contributed by atoms with van der Waals surface area (Å²) < 4.78 is 5.05. The van der Waals surface area contributed by atoms with Crippen molar-refractivity contribution in [2.75, 3.05) is 7.11 Å². The largest absolute Gasteiger partial charge is 0.495 e. The fourth-order valence-corrected chi connectivity index (χ4v) is 1.43. The molecule has 0 amide bonds. The predicted molar refractivity (Wildman–Crippen MR) is 57.0 cm³/mol. The number of hydrogen-bond donors (Lipinski definition) is 1. The lowest BCUT2D eigenvalue weighted by atomic mass is 10.1. The van der Waals surface area contributed by atoms with Crippen molar-refractivity contribution < 1.29 is 4.74 Å². The second-order valence-corrected chi connectivity index (χ2v) is 3.13. The van der Waals surface area contributed by atoms with Crippen molar-refractivity contribution in [2.45, 2.75) is 19.8 Å². The molecule has 0 aliphatic rings. The fourth-order valence-electron chi connectivity index (χ4n) is 1.15. The van der Waals surface area contributed by atoms with Gasteiger partial charge in [0.1, 0.15) is 5.75 Å². The number of halogens is 1. The van der Waals surface area contributed by atoms with Crippen molar-refractivity contribution in [1.29, 1.82) is 0 Å². The molecule has 2 nitrogen and oxygen atoms in total. The van der Waals surface area contributed by atoms with Gasteiger partial charge >= 0.3 is 0 Å². The summed E-state index contributed by atoms with van der Waals surface area (Å²) in [6.45, 7) is 2.15. The Morgan fingerprint density at radius 2 is 2.08 bits per heavy atom. The lowest BCUT2D eigenvalue weighted by molar-refractivity contribution is 0.415. The molecule has 3 heteroatoms. The zero-order valence-corrected chi connectivity index (χ0v) is 8.90.